The number of amides is 1. The van der Waals surface area contributed by atoms with Crippen LogP contribution in [-0.4, -0.2) is 41.9 Å². The Labute approximate surface area is 193 Å². The molecule has 4 aromatic rings. The standard InChI is InChI=1S/C24H22FN3O4S/c1-15-20-13-21(33-23(20)28(27-15)18-7-5-17(25)6-8-18)24(30)32-14-22(29)26-12-11-16-3-9-19(31-2)10-4-16/h3-10,13H,11-12,14H2,1-2H3,(H,26,29). The number of methoxy groups -OCH3 is 1. The number of carbonyl (C=O) groups is 2. The predicted octanol–water partition coefficient (Wildman–Crippen LogP) is 4.06. The van der Waals surface area contributed by atoms with Crippen LogP contribution in [0.25, 0.3) is 15.9 Å². The number of rotatable bonds is 8. The number of esters is 1. The number of ether oxygens (including phenoxy) is 2. The number of halogens is 1. The Balaban J connectivity index is 1.33. The number of aryl methyl sites for hydroxylation is 1. The van der Waals surface area contributed by atoms with Crippen LogP contribution in [-0.2, 0) is 16.0 Å². The van der Waals surface area contributed by atoms with E-state index in [2.05, 4.69) is 10.4 Å². The van der Waals surface area contributed by atoms with E-state index in [0.29, 0.717) is 23.5 Å². The molecule has 33 heavy (non-hydrogen) atoms. The van der Waals surface area contributed by atoms with Gasteiger partial charge in [0.15, 0.2) is 6.61 Å². The molecule has 0 bridgehead atoms. The van der Waals surface area contributed by atoms with Crippen molar-refractivity contribution in [2.24, 2.45) is 0 Å². The molecule has 0 aliphatic heterocycles. The molecule has 0 saturated carbocycles. The second-order valence-corrected chi connectivity index (χ2v) is 8.36. The van der Waals surface area contributed by atoms with Gasteiger partial charge in [0.25, 0.3) is 5.91 Å². The SMILES string of the molecule is COc1ccc(CCNC(=O)COC(=O)c2cc3c(C)nn(-c4ccc(F)cc4)c3s2)cc1. The molecule has 4 rings (SSSR count). The lowest BCUT2D eigenvalue weighted by Crippen LogP contribution is -2.30. The summed E-state index contributed by atoms with van der Waals surface area (Å²) >= 11 is 1.21. The summed E-state index contributed by atoms with van der Waals surface area (Å²) in [6.07, 6.45) is 0.652. The van der Waals surface area contributed by atoms with E-state index in [9.17, 15) is 14.0 Å². The lowest BCUT2D eigenvalue weighted by Gasteiger charge is -2.07. The van der Waals surface area contributed by atoms with E-state index in [-0.39, 0.29) is 18.3 Å². The van der Waals surface area contributed by atoms with Crippen LogP contribution in [0, 0.1) is 12.7 Å². The smallest absolute Gasteiger partial charge is 0.348 e. The number of carbonyl (C=O) groups excluding carboxylic acids is 2. The second kappa shape index (κ2) is 9.83. The highest BCUT2D eigenvalue weighted by Gasteiger charge is 2.19. The minimum Gasteiger partial charge on any atom is -0.497 e. The van der Waals surface area contributed by atoms with Crippen LogP contribution in [0.1, 0.15) is 20.9 Å². The van der Waals surface area contributed by atoms with Crippen LogP contribution in [0.2, 0.25) is 0 Å². The predicted molar refractivity (Wildman–Crippen MR) is 124 cm³/mol. The van der Waals surface area contributed by atoms with Crippen LogP contribution in [0.5, 0.6) is 5.75 Å². The molecule has 0 aliphatic carbocycles. The molecule has 2 aromatic heterocycles. The van der Waals surface area contributed by atoms with Gasteiger partial charge in [-0.05, 0) is 61.4 Å². The molecule has 0 atom stereocenters. The second-order valence-electron chi connectivity index (χ2n) is 7.33. The lowest BCUT2D eigenvalue weighted by molar-refractivity contribution is -0.124. The summed E-state index contributed by atoms with van der Waals surface area (Å²) in [5, 5.41) is 8.02. The highest BCUT2D eigenvalue weighted by Crippen LogP contribution is 2.30. The zero-order valence-electron chi connectivity index (χ0n) is 18.1. The van der Waals surface area contributed by atoms with Gasteiger partial charge in [0.2, 0.25) is 0 Å². The normalized spacial score (nSPS) is 10.9. The Morgan fingerprint density at radius 1 is 1.12 bits per heavy atom. The van der Waals surface area contributed by atoms with Gasteiger partial charge >= 0.3 is 5.97 Å². The Kier molecular flexibility index (Phi) is 6.69. The van der Waals surface area contributed by atoms with Gasteiger partial charge in [-0.3, -0.25) is 4.79 Å². The highest BCUT2D eigenvalue weighted by atomic mass is 32.1. The van der Waals surface area contributed by atoms with E-state index in [1.54, 1.807) is 30.0 Å². The molecule has 2 aromatic carbocycles. The van der Waals surface area contributed by atoms with Crippen molar-refractivity contribution in [3.8, 4) is 11.4 Å². The first kappa shape index (κ1) is 22.5. The van der Waals surface area contributed by atoms with Gasteiger partial charge < -0.3 is 14.8 Å². The maximum atomic E-state index is 13.2. The molecule has 9 heteroatoms. The summed E-state index contributed by atoms with van der Waals surface area (Å²) in [4.78, 5) is 25.7. The zero-order chi connectivity index (χ0) is 23.4. The molecule has 170 valence electrons. The summed E-state index contributed by atoms with van der Waals surface area (Å²) < 4.78 is 25.2. The van der Waals surface area contributed by atoms with E-state index >= 15 is 0 Å². The van der Waals surface area contributed by atoms with Gasteiger partial charge in [0, 0.05) is 11.9 Å². The van der Waals surface area contributed by atoms with Gasteiger partial charge in [0.05, 0.1) is 18.5 Å². The number of hydrogen-bond acceptors (Lipinski definition) is 6. The first-order chi connectivity index (χ1) is 15.9. The van der Waals surface area contributed by atoms with Crippen molar-refractivity contribution in [1.29, 1.82) is 0 Å². The number of hydrogen-bond donors (Lipinski definition) is 1. The maximum absolute atomic E-state index is 13.2. The number of nitrogens with zero attached hydrogens (tertiary/aromatic N) is 2. The van der Waals surface area contributed by atoms with Crippen LogP contribution in [0.3, 0.4) is 0 Å². The molecule has 0 fully saturated rings. The summed E-state index contributed by atoms with van der Waals surface area (Å²) in [6.45, 7) is 1.90. The van der Waals surface area contributed by atoms with Gasteiger partial charge in [-0.25, -0.2) is 13.9 Å². The van der Waals surface area contributed by atoms with Gasteiger partial charge in [-0.2, -0.15) is 5.10 Å². The molecule has 7 nitrogen and oxygen atoms in total. The monoisotopic (exact) mass is 467 g/mol. The number of nitrogens with one attached hydrogen (secondary N) is 1. The third kappa shape index (κ3) is 5.20. The van der Waals surface area contributed by atoms with Crippen molar-refractivity contribution in [2.75, 3.05) is 20.3 Å². The molecule has 1 N–H and O–H groups in total. The van der Waals surface area contributed by atoms with Crippen molar-refractivity contribution in [3.05, 3.63) is 76.5 Å². The first-order valence-electron chi connectivity index (χ1n) is 10.3. The molecule has 0 saturated heterocycles. The average Bonchev–Trinajstić information content (AvgIpc) is 3.39. The number of fused-ring (bicyclic) bond motifs is 1. The molecule has 1 amide bonds. The van der Waals surface area contributed by atoms with Crippen LogP contribution in [0.15, 0.2) is 54.6 Å². The summed E-state index contributed by atoms with van der Waals surface area (Å²) in [7, 11) is 1.61. The topological polar surface area (TPSA) is 82.4 Å². The van der Waals surface area contributed by atoms with E-state index in [1.165, 1.54) is 23.5 Å². The van der Waals surface area contributed by atoms with Crippen molar-refractivity contribution >= 4 is 33.4 Å². The first-order valence-corrected chi connectivity index (χ1v) is 11.1. The lowest BCUT2D eigenvalue weighted by atomic mass is 10.1. The van der Waals surface area contributed by atoms with Crippen molar-refractivity contribution in [1.82, 2.24) is 15.1 Å². The van der Waals surface area contributed by atoms with E-state index < -0.39 is 5.97 Å². The van der Waals surface area contributed by atoms with Crippen LogP contribution >= 0.6 is 11.3 Å². The number of benzene rings is 2. The molecule has 0 aliphatic rings. The molecule has 0 spiro atoms. The maximum Gasteiger partial charge on any atom is 0.348 e. The van der Waals surface area contributed by atoms with Crippen molar-refractivity contribution in [2.45, 2.75) is 13.3 Å². The number of thiophene rings is 1. The number of aromatic nitrogens is 2. The molecule has 0 unspecified atom stereocenters. The van der Waals surface area contributed by atoms with E-state index in [1.807, 2.05) is 31.2 Å². The fraction of sp³-hybridized carbons (Fsp3) is 0.208. The fourth-order valence-electron chi connectivity index (χ4n) is 3.30. The Hall–Kier alpha value is -3.72. The van der Waals surface area contributed by atoms with Crippen LogP contribution in [0.4, 0.5) is 4.39 Å². The Bertz CT molecular complexity index is 1280. The van der Waals surface area contributed by atoms with E-state index in [4.69, 9.17) is 9.47 Å². The third-order valence-electron chi connectivity index (χ3n) is 5.05. The quantitative estimate of drug-likeness (QED) is 0.395. The summed E-state index contributed by atoms with van der Waals surface area (Å²) in [6, 6.07) is 15.2. The molecule has 2 heterocycles. The largest absolute Gasteiger partial charge is 0.497 e. The van der Waals surface area contributed by atoms with Crippen molar-refractivity contribution < 1.29 is 23.5 Å². The van der Waals surface area contributed by atoms with Crippen molar-refractivity contribution in [3.63, 3.8) is 0 Å². The minimum absolute atomic E-state index is 0.336. The summed E-state index contributed by atoms with van der Waals surface area (Å²) in [5.74, 6) is -0.508. The average molecular weight is 468 g/mol. The highest BCUT2D eigenvalue weighted by molar-refractivity contribution is 7.20. The zero-order valence-corrected chi connectivity index (χ0v) is 18.9. The van der Waals surface area contributed by atoms with Gasteiger partial charge in [-0.15, -0.1) is 11.3 Å². The van der Waals surface area contributed by atoms with E-state index in [0.717, 1.165) is 27.2 Å². The van der Waals surface area contributed by atoms with Gasteiger partial charge in [-0.1, -0.05) is 12.1 Å². The van der Waals surface area contributed by atoms with Gasteiger partial charge in [0.1, 0.15) is 21.3 Å². The van der Waals surface area contributed by atoms with Crippen LogP contribution < -0.4 is 10.1 Å². The minimum atomic E-state index is -0.577. The Morgan fingerprint density at radius 3 is 2.55 bits per heavy atom. The molecular formula is C24H22FN3O4S. The molecule has 0 radical (unpaired) electrons. The Morgan fingerprint density at radius 2 is 1.85 bits per heavy atom. The summed E-state index contributed by atoms with van der Waals surface area (Å²) in [5.41, 5.74) is 2.48. The third-order valence-corrected chi connectivity index (χ3v) is 6.14. The molecular weight excluding hydrogens is 445 g/mol. The fourth-order valence-corrected chi connectivity index (χ4v) is 4.37.